The van der Waals surface area contributed by atoms with Gasteiger partial charge in [0.05, 0.1) is 19.6 Å². The van der Waals surface area contributed by atoms with Gasteiger partial charge in [-0.15, -0.1) is 0 Å². The van der Waals surface area contributed by atoms with Crippen LogP contribution in [0.15, 0.2) is 18.2 Å². The number of nitrogens with two attached hydrogens (primary N) is 1. The van der Waals surface area contributed by atoms with Gasteiger partial charge in [-0.05, 0) is 65.7 Å². The molecule has 0 radical (unpaired) electrons. The number of hydrogen-bond acceptors (Lipinski definition) is 11. The lowest BCUT2D eigenvalue weighted by molar-refractivity contribution is -0.153. The van der Waals surface area contributed by atoms with Gasteiger partial charge in [0.15, 0.2) is 11.5 Å². The number of hydrogen-bond donors (Lipinski definition) is 1. The Morgan fingerprint density at radius 3 is 1.89 bits per heavy atom. The molecule has 0 amide bonds. The summed E-state index contributed by atoms with van der Waals surface area (Å²) in [5.41, 5.74) is 3.61. The first-order valence-electron chi connectivity index (χ1n) is 12.4. The average Bonchev–Trinajstić information content (AvgIpc) is 2.76. The Morgan fingerprint density at radius 2 is 1.42 bits per heavy atom. The van der Waals surface area contributed by atoms with E-state index in [9.17, 15) is 19.2 Å². The van der Waals surface area contributed by atoms with E-state index in [4.69, 9.17) is 34.2 Å². The summed E-state index contributed by atoms with van der Waals surface area (Å²) in [6.45, 7) is 13.5. The van der Waals surface area contributed by atoms with Crippen molar-refractivity contribution in [3.05, 3.63) is 23.8 Å². The predicted octanol–water partition coefficient (Wildman–Crippen LogP) is 4.71. The predicted molar refractivity (Wildman–Crippen MR) is 138 cm³/mol. The fraction of sp³-hybridized carbons (Fsp3) is 0.630. The molecule has 214 valence electrons. The molecule has 0 fully saturated rings. The van der Waals surface area contributed by atoms with Crippen molar-refractivity contribution in [2.75, 3.05) is 13.7 Å². The zero-order valence-electron chi connectivity index (χ0n) is 23.8. The van der Waals surface area contributed by atoms with Crippen molar-refractivity contribution in [2.24, 2.45) is 11.7 Å². The molecule has 1 rings (SSSR count). The Balaban J connectivity index is 3.24. The maximum atomic E-state index is 12.6. The zero-order valence-corrected chi connectivity index (χ0v) is 23.8. The van der Waals surface area contributed by atoms with Crippen molar-refractivity contribution < 1.29 is 47.6 Å². The fourth-order valence-corrected chi connectivity index (χ4v) is 3.02. The van der Waals surface area contributed by atoms with Crippen LogP contribution in [0.4, 0.5) is 9.59 Å². The Hall–Kier alpha value is -3.34. The minimum Gasteiger partial charge on any atom is -0.468 e. The molecule has 1 unspecified atom stereocenters. The molecule has 0 saturated heterocycles. The molecule has 0 aliphatic carbocycles. The molecule has 11 heteroatoms. The molecule has 1 aromatic carbocycles. The van der Waals surface area contributed by atoms with Gasteiger partial charge < -0.3 is 34.2 Å². The van der Waals surface area contributed by atoms with E-state index in [1.165, 1.54) is 25.3 Å². The number of rotatable bonds is 10. The van der Waals surface area contributed by atoms with E-state index in [1.54, 1.807) is 48.5 Å². The molecule has 0 spiro atoms. The highest BCUT2D eigenvalue weighted by Crippen LogP contribution is 2.32. The first-order chi connectivity index (χ1) is 17.4. The molecule has 0 aliphatic heterocycles. The minimum absolute atomic E-state index is 0.0275. The summed E-state index contributed by atoms with van der Waals surface area (Å²) in [5.74, 6) is -1.67. The number of benzene rings is 1. The number of carbonyl (C=O) groups excluding carboxylic acids is 4. The van der Waals surface area contributed by atoms with Crippen LogP contribution in [0.1, 0.15) is 73.8 Å². The van der Waals surface area contributed by atoms with Crippen LogP contribution in [0.2, 0.25) is 0 Å². The highest BCUT2D eigenvalue weighted by atomic mass is 16.8. The number of ether oxygens (including phenoxy) is 6. The monoisotopic (exact) mass is 539 g/mol. The number of esters is 2. The molecule has 38 heavy (non-hydrogen) atoms. The zero-order chi connectivity index (χ0) is 29.3. The van der Waals surface area contributed by atoms with E-state index in [0.29, 0.717) is 12.0 Å². The van der Waals surface area contributed by atoms with Gasteiger partial charge in [0.2, 0.25) is 0 Å². The van der Waals surface area contributed by atoms with Crippen LogP contribution in [0.5, 0.6) is 11.5 Å². The first kappa shape index (κ1) is 32.7. The lowest BCUT2D eigenvalue weighted by Gasteiger charge is -2.27. The molecule has 1 aromatic rings. The SMILES string of the molecule is CCC(C)C(=O)OCC[C@@](N)(Cc1ccc(OC(=O)OC(C)(C)C)c(OC(=O)OC(C)(C)C)c1)C(=O)OC. The van der Waals surface area contributed by atoms with E-state index in [2.05, 4.69) is 0 Å². The van der Waals surface area contributed by atoms with Gasteiger partial charge in [0.25, 0.3) is 0 Å². The molecule has 0 aromatic heterocycles. The Bertz CT molecular complexity index is 993. The maximum absolute atomic E-state index is 12.6. The lowest BCUT2D eigenvalue weighted by Crippen LogP contribution is -2.51. The Kier molecular flexibility index (Phi) is 11.6. The molecule has 0 bridgehead atoms. The minimum atomic E-state index is -1.57. The Morgan fingerprint density at radius 1 is 0.895 bits per heavy atom. The van der Waals surface area contributed by atoms with Crippen molar-refractivity contribution in [3.8, 4) is 11.5 Å². The molecular formula is C27H41NO10. The molecular weight excluding hydrogens is 498 g/mol. The standard InChI is InChI=1S/C27H41NO10/c1-10-17(2)21(29)34-14-13-27(28,22(30)33-9)16-18-11-12-19(35-23(31)37-25(3,4)5)20(15-18)36-24(32)38-26(6,7)8/h11-12,15,17H,10,13-14,16,28H2,1-9H3/t17?,27-/m1/s1. The molecule has 0 heterocycles. The largest absolute Gasteiger partial charge is 0.514 e. The smallest absolute Gasteiger partial charge is 0.468 e. The van der Waals surface area contributed by atoms with E-state index < -0.39 is 41.0 Å². The summed E-state index contributed by atoms with van der Waals surface area (Å²) < 4.78 is 31.1. The first-order valence-corrected chi connectivity index (χ1v) is 12.4. The van der Waals surface area contributed by atoms with Crippen LogP contribution >= 0.6 is 0 Å². The molecule has 2 N–H and O–H groups in total. The third-order valence-electron chi connectivity index (χ3n) is 5.09. The highest BCUT2D eigenvalue weighted by Gasteiger charge is 2.36. The number of methoxy groups -OCH3 is 1. The van der Waals surface area contributed by atoms with E-state index in [-0.39, 0.29) is 36.9 Å². The van der Waals surface area contributed by atoms with Gasteiger partial charge in [0, 0.05) is 12.8 Å². The van der Waals surface area contributed by atoms with Gasteiger partial charge >= 0.3 is 24.2 Å². The molecule has 11 nitrogen and oxygen atoms in total. The van der Waals surface area contributed by atoms with Crippen molar-refractivity contribution >= 4 is 24.2 Å². The van der Waals surface area contributed by atoms with E-state index >= 15 is 0 Å². The molecule has 2 atom stereocenters. The summed E-state index contributed by atoms with van der Waals surface area (Å²) in [6.07, 6.45) is -1.53. The van der Waals surface area contributed by atoms with E-state index in [1.807, 2.05) is 6.92 Å². The second-order valence-electron chi connectivity index (χ2n) is 11.0. The molecule has 0 aliphatic rings. The van der Waals surface area contributed by atoms with Gasteiger partial charge in [-0.1, -0.05) is 19.9 Å². The summed E-state index contributed by atoms with van der Waals surface area (Å²) in [6, 6.07) is 4.30. The van der Waals surface area contributed by atoms with Crippen molar-refractivity contribution in [1.82, 2.24) is 0 Å². The fourth-order valence-electron chi connectivity index (χ4n) is 3.02. The third-order valence-corrected chi connectivity index (χ3v) is 5.09. The summed E-state index contributed by atoms with van der Waals surface area (Å²) >= 11 is 0. The maximum Gasteiger partial charge on any atom is 0.514 e. The van der Waals surface area contributed by atoms with Crippen LogP contribution in [-0.2, 0) is 35.0 Å². The van der Waals surface area contributed by atoms with Crippen molar-refractivity contribution in [3.63, 3.8) is 0 Å². The average molecular weight is 540 g/mol. The van der Waals surface area contributed by atoms with Crippen LogP contribution in [0.3, 0.4) is 0 Å². The highest BCUT2D eigenvalue weighted by molar-refractivity contribution is 5.81. The molecule has 0 saturated carbocycles. The lowest BCUT2D eigenvalue weighted by atomic mass is 9.88. The van der Waals surface area contributed by atoms with Gasteiger partial charge in [-0.2, -0.15) is 0 Å². The second-order valence-corrected chi connectivity index (χ2v) is 11.0. The van der Waals surface area contributed by atoms with Crippen LogP contribution in [0.25, 0.3) is 0 Å². The normalized spacial score (nSPS) is 13.9. The summed E-state index contributed by atoms with van der Waals surface area (Å²) in [4.78, 5) is 49.2. The second kappa shape index (κ2) is 13.5. The van der Waals surface area contributed by atoms with Crippen LogP contribution < -0.4 is 15.2 Å². The summed E-state index contributed by atoms with van der Waals surface area (Å²) in [5, 5.41) is 0. The Labute approximate surface area is 224 Å². The van der Waals surface area contributed by atoms with E-state index in [0.717, 1.165) is 0 Å². The quantitative estimate of drug-likeness (QED) is 0.250. The van der Waals surface area contributed by atoms with Crippen molar-refractivity contribution in [2.45, 2.75) is 91.4 Å². The van der Waals surface area contributed by atoms with Crippen LogP contribution in [0, 0.1) is 5.92 Å². The summed E-state index contributed by atoms with van der Waals surface area (Å²) in [7, 11) is 1.20. The van der Waals surface area contributed by atoms with Crippen molar-refractivity contribution in [1.29, 1.82) is 0 Å². The van der Waals surface area contributed by atoms with Gasteiger partial charge in [-0.3, -0.25) is 9.59 Å². The topological polar surface area (TPSA) is 150 Å². The van der Waals surface area contributed by atoms with Gasteiger partial charge in [0.1, 0.15) is 16.7 Å². The third kappa shape index (κ3) is 11.4. The van der Waals surface area contributed by atoms with Gasteiger partial charge in [-0.25, -0.2) is 9.59 Å². The van der Waals surface area contributed by atoms with Crippen LogP contribution in [-0.4, -0.2) is 54.7 Å². The number of carbonyl (C=O) groups is 4.